The van der Waals surface area contributed by atoms with E-state index in [1.165, 1.54) is 5.01 Å². The fourth-order valence-electron chi connectivity index (χ4n) is 4.84. The van der Waals surface area contributed by atoms with E-state index < -0.39 is 36.0 Å². The predicted octanol–water partition coefficient (Wildman–Crippen LogP) is 3.66. The maximum absolute atomic E-state index is 13.0. The summed E-state index contributed by atoms with van der Waals surface area (Å²) in [4.78, 5) is 50.0. The molecule has 4 atom stereocenters. The lowest BCUT2D eigenvalue weighted by Crippen LogP contribution is -2.59. The van der Waals surface area contributed by atoms with Crippen LogP contribution < -0.4 is 10.7 Å². The molecule has 40 heavy (non-hydrogen) atoms. The maximum atomic E-state index is 13.0. The van der Waals surface area contributed by atoms with E-state index >= 15 is 0 Å². The van der Waals surface area contributed by atoms with Gasteiger partial charge in [0.05, 0.1) is 6.10 Å². The van der Waals surface area contributed by atoms with Crippen molar-refractivity contribution in [1.82, 2.24) is 15.8 Å². The molecule has 0 spiro atoms. The Morgan fingerprint density at radius 2 is 1.73 bits per heavy atom. The molecule has 9 nitrogen and oxygen atoms in total. The Bertz CT molecular complexity index is 1190. The number of carbonyl (C=O) groups excluding carboxylic acids is 3. The normalized spacial score (nSPS) is 17.6. The second-order valence-corrected chi connectivity index (χ2v) is 11.0. The van der Waals surface area contributed by atoms with Crippen molar-refractivity contribution in [3.63, 3.8) is 0 Å². The van der Waals surface area contributed by atoms with Crippen molar-refractivity contribution in [3.8, 4) is 11.1 Å². The molecule has 1 fully saturated rings. The number of carbonyl (C=O) groups is 4. The first-order valence-corrected chi connectivity index (χ1v) is 14.0. The lowest BCUT2D eigenvalue weighted by Gasteiger charge is -2.34. The minimum atomic E-state index is -1.02. The molecule has 1 saturated heterocycles. The number of amides is 2. The summed E-state index contributed by atoms with van der Waals surface area (Å²) >= 11 is 0. The van der Waals surface area contributed by atoms with Crippen LogP contribution in [0.4, 0.5) is 0 Å². The summed E-state index contributed by atoms with van der Waals surface area (Å²) in [6.45, 7) is 7.41. The SMILES string of the molecule is CC(C)[C@H](CC(=O)CCc1ccc(-c2cccc([C@@H](C)O)c2)cc1)C(=O)N[C@@H](C)C(=O)N1CCC[C@@H](C(=O)O)N1. The van der Waals surface area contributed by atoms with E-state index in [1.807, 2.05) is 62.4 Å². The van der Waals surface area contributed by atoms with E-state index in [4.69, 9.17) is 0 Å². The van der Waals surface area contributed by atoms with Gasteiger partial charge in [0.1, 0.15) is 17.9 Å². The quantitative estimate of drug-likeness (QED) is 0.316. The summed E-state index contributed by atoms with van der Waals surface area (Å²) in [5.74, 6) is -2.50. The van der Waals surface area contributed by atoms with Gasteiger partial charge in [0.25, 0.3) is 5.91 Å². The Labute approximate surface area is 235 Å². The number of hydrogen-bond acceptors (Lipinski definition) is 6. The van der Waals surface area contributed by atoms with Crippen LogP contribution in [0, 0.1) is 11.8 Å². The molecule has 1 heterocycles. The molecule has 0 radical (unpaired) electrons. The van der Waals surface area contributed by atoms with Gasteiger partial charge < -0.3 is 15.5 Å². The van der Waals surface area contributed by atoms with Crippen molar-refractivity contribution < 1.29 is 29.4 Å². The smallest absolute Gasteiger partial charge is 0.322 e. The van der Waals surface area contributed by atoms with Gasteiger partial charge in [-0.1, -0.05) is 56.3 Å². The number of hydrogen-bond donors (Lipinski definition) is 4. The van der Waals surface area contributed by atoms with E-state index in [1.54, 1.807) is 13.8 Å². The first-order valence-electron chi connectivity index (χ1n) is 14.0. The highest BCUT2D eigenvalue weighted by molar-refractivity contribution is 5.91. The van der Waals surface area contributed by atoms with Gasteiger partial charge in [0, 0.05) is 25.3 Å². The third-order valence-electron chi connectivity index (χ3n) is 7.42. The number of aliphatic carboxylic acids is 1. The number of Topliss-reactive ketones (excluding diaryl/α,β-unsaturated/α-hetero) is 1. The van der Waals surface area contributed by atoms with Gasteiger partial charge >= 0.3 is 5.97 Å². The zero-order valence-corrected chi connectivity index (χ0v) is 23.7. The van der Waals surface area contributed by atoms with Crippen LogP contribution in [0.3, 0.4) is 0 Å². The van der Waals surface area contributed by atoms with Crippen molar-refractivity contribution in [1.29, 1.82) is 0 Å². The van der Waals surface area contributed by atoms with Gasteiger partial charge in [-0.3, -0.25) is 24.2 Å². The molecule has 0 saturated carbocycles. The lowest BCUT2D eigenvalue weighted by atomic mass is 9.88. The number of rotatable bonds is 12. The van der Waals surface area contributed by atoms with Gasteiger partial charge in [0.2, 0.25) is 5.91 Å². The fourth-order valence-corrected chi connectivity index (χ4v) is 4.84. The highest BCUT2D eigenvalue weighted by Gasteiger charge is 2.32. The topological polar surface area (TPSA) is 136 Å². The number of ketones is 1. The van der Waals surface area contributed by atoms with Gasteiger partial charge in [0.15, 0.2) is 0 Å². The van der Waals surface area contributed by atoms with Gasteiger partial charge in [-0.2, -0.15) is 0 Å². The predicted molar refractivity (Wildman–Crippen MR) is 152 cm³/mol. The van der Waals surface area contributed by atoms with Crippen molar-refractivity contribution in [2.24, 2.45) is 11.8 Å². The summed E-state index contributed by atoms with van der Waals surface area (Å²) in [7, 11) is 0. The van der Waals surface area contributed by atoms with Crippen LogP contribution in [0.1, 0.15) is 70.6 Å². The maximum Gasteiger partial charge on any atom is 0.322 e. The molecule has 2 amide bonds. The van der Waals surface area contributed by atoms with E-state index in [0.717, 1.165) is 22.3 Å². The average Bonchev–Trinajstić information content (AvgIpc) is 2.94. The van der Waals surface area contributed by atoms with Crippen LogP contribution >= 0.6 is 0 Å². The summed E-state index contributed by atoms with van der Waals surface area (Å²) in [5, 5.41) is 23.1. The van der Waals surface area contributed by atoms with Gasteiger partial charge in [-0.15, -0.1) is 0 Å². The number of aryl methyl sites for hydroxylation is 1. The number of carboxylic acids is 1. The first kappa shape index (κ1) is 31.0. The molecule has 0 unspecified atom stereocenters. The van der Waals surface area contributed by atoms with E-state index in [2.05, 4.69) is 10.7 Å². The second kappa shape index (κ2) is 14.2. The third-order valence-corrected chi connectivity index (χ3v) is 7.42. The number of carboxylic acid groups (broad SMARTS) is 1. The standard InChI is InChI=1S/C31H41N3O6/c1-19(2)27(29(37)32-20(3)30(38)34-16-6-9-28(33-34)31(39)40)18-26(36)15-12-22-10-13-23(14-11-22)25-8-5-7-24(17-25)21(4)35/h5,7-8,10-11,13-14,17,19-21,27-28,33,35H,6,9,12,15-16,18H2,1-4H3,(H,32,37)(H,39,40)/t20-,21+,27-,28-/m0/s1. The fraction of sp³-hybridized carbons (Fsp3) is 0.484. The van der Waals surface area contributed by atoms with Crippen molar-refractivity contribution in [2.75, 3.05) is 6.54 Å². The molecule has 4 N–H and O–H groups in total. The molecule has 2 aromatic rings. The summed E-state index contributed by atoms with van der Waals surface area (Å²) < 4.78 is 0. The van der Waals surface area contributed by atoms with Crippen molar-refractivity contribution in [2.45, 2.75) is 78.0 Å². The molecular formula is C31H41N3O6. The van der Waals surface area contributed by atoms with Crippen LogP contribution in [0.2, 0.25) is 0 Å². The summed E-state index contributed by atoms with van der Waals surface area (Å²) in [6.07, 6.45) is 1.38. The Morgan fingerprint density at radius 3 is 2.35 bits per heavy atom. The van der Waals surface area contributed by atoms with E-state index in [0.29, 0.717) is 32.2 Å². The van der Waals surface area contributed by atoms with Crippen LogP contribution in [-0.4, -0.2) is 57.4 Å². The Morgan fingerprint density at radius 1 is 1.02 bits per heavy atom. The van der Waals surface area contributed by atoms with Crippen molar-refractivity contribution >= 4 is 23.6 Å². The second-order valence-electron chi connectivity index (χ2n) is 11.0. The van der Waals surface area contributed by atoms with Crippen LogP contribution in [0.25, 0.3) is 11.1 Å². The number of hydrazine groups is 1. The van der Waals surface area contributed by atoms with Crippen LogP contribution in [0.15, 0.2) is 48.5 Å². The number of benzene rings is 2. The third kappa shape index (κ3) is 8.47. The van der Waals surface area contributed by atoms with E-state index in [9.17, 15) is 29.4 Å². The molecular weight excluding hydrogens is 510 g/mol. The minimum absolute atomic E-state index is 0.0245. The Balaban J connectivity index is 1.52. The largest absolute Gasteiger partial charge is 0.480 e. The van der Waals surface area contributed by atoms with Crippen molar-refractivity contribution in [3.05, 3.63) is 59.7 Å². The lowest BCUT2D eigenvalue weighted by molar-refractivity contribution is -0.148. The monoisotopic (exact) mass is 551 g/mol. The Kier molecular flexibility index (Phi) is 11.0. The molecule has 9 heteroatoms. The van der Waals surface area contributed by atoms with Gasteiger partial charge in [-0.25, -0.2) is 5.43 Å². The number of aliphatic hydroxyl groups is 1. The Hall–Kier alpha value is -3.56. The molecule has 0 aliphatic carbocycles. The highest BCUT2D eigenvalue weighted by atomic mass is 16.4. The first-order chi connectivity index (χ1) is 19.0. The van der Waals surface area contributed by atoms with Gasteiger partial charge in [-0.05, 0) is 67.3 Å². The van der Waals surface area contributed by atoms with Crippen LogP contribution in [0.5, 0.6) is 0 Å². The molecule has 0 aromatic heterocycles. The molecule has 216 valence electrons. The highest BCUT2D eigenvalue weighted by Crippen LogP contribution is 2.24. The number of nitrogens with one attached hydrogen (secondary N) is 2. The zero-order chi connectivity index (χ0) is 29.4. The average molecular weight is 552 g/mol. The minimum Gasteiger partial charge on any atom is -0.480 e. The molecule has 0 bridgehead atoms. The molecule has 1 aliphatic heterocycles. The zero-order valence-electron chi connectivity index (χ0n) is 23.7. The van der Waals surface area contributed by atoms with E-state index in [-0.39, 0.29) is 24.0 Å². The summed E-state index contributed by atoms with van der Waals surface area (Å²) in [5.41, 5.74) is 6.61. The van der Waals surface area contributed by atoms with Crippen LogP contribution in [-0.2, 0) is 25.6 Å². The number of aliphatic hydroxyl groups excluding tert-OH is 1. The molecule has 1 aliphatic rings. The molecule has 3 rings (SSSR count). The summed E-state index contributed by atoms with van der Waals surface area (Å²) in [6, 6.07) is 14.0. The molecule has 2 aromatic carbocycles. The number of nitrogens with zero attached hydrogens (tertiary/aromatic N) is 1.